The molecule has 1 saturated carbocycles. The molecule has 1 atom stereocenters. The number of halogens is 1. The summed E-state index contributed by atoms with van der Waals surface area (Å²) < 4.78 is 12.9. The third-order valence-electron chi connectivity index (χ3n) is 7.07. The topological polar surface area (TPSA) is 55.5 Å². The fourth-order valence-electron chi connectivity index (χ4n) is 5.12. The SMILES string of the molecule is Cc1ccc(OCCC[N+](C)(C)Cc2cnc(C(O)(c3ccccc3)C3CCCCC3)o2)cc1.[Br-]. The van der Waals surface area contributed by atoms with E-state index in [0.717, 1.165) is 60.2 Å². The zero-order valence-electron chi connectivity index (χ0n) is 21.3. The maximum atomic E-state index is 12.0. The van der Waals surface area contributed by atoms with Crippen molar-refractivity contribution in [3.8, 4) is 5.75 Å². The van der Waals surface area contributed by atoms with Crippen LogP contribution in [0.4, 0.5) is 0 Å². The van der Waals surface area contributed by atoms with Gasteiger partial charge < -0.3 is 35.7 Å². The van der Waals surface area contributed by atoms with Gasteiger partial charge in [0.15, 0.2) is 11.4 Å². The first-order chi connectivity index (χ1) is 16.4. The van der Waals surface area contributed by atoms with Crippen LogP contribution in [0.25, 0.3) is 0 Å². The monoisotopic (exact) mass is 542 g/mol. The lowest BCUT2D eigenvalue weighted by atomic mass is 9.73. The fraction of sp³-hybridized carbons (Fsp3) is 0.483. The highest BCUT2D eigenvalue weighted by atomic mass is 79.9. The summed E-state index contributed by atoms with van der Waals surface area (Å²) in [5, 5.41) is 12.0. The number of aromatic nitrogens is 1. The number of ether oxygens (including phenoxy) is 1. The Kier molecular flexibility index (Phi) is 9.56. The number of aliphatic hydroxyl groups is 1. The fourth-order valence-corrected chi connectivity index (χ4v) is 5.12. The minimum Gasteiger partial charge on any atom is -1.00 e. The molecule has 0 saturated heterocycles. The Bertz CT molecular complexity index is 1030. The lowest BCUT2D eigenvalue weighted by Gasteiger charge is -2.36. The van der Waals surface area contributed by atoms with E-state index in [9.17, 15) is 5.11 Å². The summed E-state index contributed by atoms with van der Waals surface area (Å²) in [6.07, 6.45) is 8.24. The number of nitrogens with zero attached hydrogens (tertiary/aromatic N) is 2. The van der Waals surface area contributed by atoms with Crippen LogP contribution in [0.3, 0.4) is 0 Å². The van der Waals surface area contributed by atoms with E-state index < -0.39 is 5.60 Å². The lowest BCUT2D eigenvalue weighted by Crippen LogP contribution is -3.00. The minimum absolute atomic E-state index is 0. The molecule has 0 amide bonds. The smallest absolute Gasteiger partial charge is 0.231 e. The van der Waals surface area contributed by atoms with Gasteiger partial charge in [-0.15, -0.1) is 0 Å². The van der Waals surface area contributed by atoms with Gasteiger partial charge in [0, 0.05) is 12.3 Å². The van der Waals surface area contributed by atoms with Crippen LogP contribution in [-0.4, -0.2) is 41.8 Å². The number of benzene rings is 2. The number of hydrogen-bond donors (Lipinski definition) is 1. The summed E-state index contributed by atoms with van der Waals surface area (Å²) in [5.41, 5.74) is 0.926. The predicted molar refractivity (Wildman–Crippen MR) is 134 cm³/mol. The predicted octanol–water partition coefficient (Wildman–Crippen LogP) is 2.85. The van der Waals surface area contributed by atoms with Crippen molar-refractivity contribution >= 4 is 0 Å². The van der Waals surface area contributed by atoms with Crippen molar-refractivity contribution in [3.05, 3.63) is 83.6 Å². The summed E-state index contributed by atoms with van der Waals surface area (Å²) in [7, 11) is 4.39. The highest BCUT2D eigenvalue weighted by Gasteiger charge is 2.44. The first-order valence-electron chi connectivity index (χ1n) is 12.6. The zero-order chi connectivity index (χ0) is 24.0. The van der Waals surface area contributed by atoms with Crippen LogP contribution in [0.1, 0.15) is 61.3 Å². The molecule has 1 N–H and O–H groups in total. The molecule has 5 nitrogen and oxygen atoms in total. The third kappa shape index (κ3) is 6.96. The second-order valence-electron chi connectivity index (χ2n) is 10.4. The van der Waals surface area contributed by atoms with E-state index in [2.05, 4.69) is 38.1 Å². The van der Waals surface area contributed by atoms with Crippen LogP contribution < -0.4 is 21.7 Å². The van der Waals surface area contributed by atoms with E-state index in [1.165, 1.54) is 12.0 Å². The van der Waals surface area contributed by atoms with Gasteiger partial charge in [0.05, 0.1) is 33.4 Å². The number of rotatable bonds is 10. The Balaban J connectivity index is 0.00000342. The molecule has 1 aromatic heterocycles. The van der Waals surface area contributed by atoms with E-state index >= 15 is 0 Å². The van der Waals surface area contributed by atoms with Gasteiger partial charge in [-0.05, 0) is 37.5 Å². The Labute approximate surface area is 220 Å². The van der Waals surface area contributed by atoms with Crippen LogP contribution in [0.15, 0.2) is 65.2 Å². The summed E-state index contributed by atoms with van der Waals surface area (Å²) in [5.74, 6) is 2.28. The maximum Gasteiger partial charge on any atom is 0.231 e. The van der Waals surface area contributed by atoms with Crippen LogP contribution in [0.5, 0.6) is 5.75 Å². The average Bonchev–Trinajstić information content (AvgIpc) is 3.32. The van der Waals surface area contributed by atoms with Gasteiger partial charge in [-0.2, -0.15) is 0 Å². The molecule has 1 heterocycles. The summed E-state index contributed by atoms with van der Waals surface area (Å²) in [4.78, 5) is 4.62. The minimum atomic E-state index is -1.18. The van der Waals surface area contributed by atoms with Crippen LogP contribution in [0, 0.1) is 12.8 Å². The van der Waals surface area contributed by atoms with Crippen LogP contribution in [-0.2, 0) is 12.1 Å². The van der Waals surface area contributed by atoms with E-state index in [-0.39, 0.29) is 22.9 Å². The summed E-state index contributed by atoms with van der Waals surface area (Å²) in [6.45, 7) is 4.43. The first-order valence-corrected chi connectivity index (χ1v) is 12.6. The van der Waals surface area contributed by atoms with Crippen LogP contribution >= 0.6 is 0 Å². The number of hydrogen-bond acceptors (Lipinski definition) is 4. The molecule has 35 heavy (non-hydrogen) atoms. The van der Waals surface area contributed by atoms with Gasteiger partial charge in [0.2, 0.25) is 5.89 Å². The highest BCUT2D eigenvalue weighted by molar-refractivity contribution is 5.30. The van der Waals surface area contributed by atoms with Gasteiger partial charge in [-0.1, -0.05) is 67.3 Å². The van der Waals surface area contributed by atoms with Crippen molar-refractivity contribution in [2.24, 2.45) is 5.92 Å². The molecular formula is C29H39BrN2O3. The highest BCUT2D eigenvalue weighted by Crippen LogP contribution is 2.43. The molecule has 3 aromatic rings. The van der Waals surface area contributed by atoms with E-state index in [1.54, 1.807) is 6.20 Å². The second kappa shape index (κ2) is 12.2. The standard InChI is InChI=1S/C29H39N2O3.BrH/c1-23-15-17-26(18-16-23)33-20-10-19-31(2,3)22-27-21-30-28(34-27)29(32,24-11-6-4-7-12-24)25-13-8-5-9-14-25;/h4,6-7,11-12,15-18,21,25,32H,5,8-10,13-14,19-20,22H2,1-3H3;1H/q+1;/p-1. The molecule has 2 aromatic carbocycles. The van der Waals surface area contributed by atoms with Crippen molar-refractivity contribution in [1.82, 2.24) is 4.98 Å². The second-order valence-corrected chi connectivity index (χ2v) is 10.4. The van der Waals surface area contributed by atoms with Crippen molar-refractivity contribution in [2.45, 2.75) is 57.6 Å². The molecule has 0 aliphatic heterocycles. The zero-order valence-corrected chi connectivity index (χ0v) is 22.8. The molecule has 190 valence electrons. The maximum absolute atomic E-state index is 12.0. The molecule has 1 aliphatic rings. The van der Waals surface area contributed by atoms with Crippen molar-refractivity contribution in [1.29, 1.82) is 0 Å². The third-order valence-corrected chi connectivity index (χ3v) is 7.07. The van der Waals surface area contributed by atoms with E-state index in [1.807, 2.05) is 42.5 Å². The van der Waals surface area contributed by atoms with Crippen molar-refractivity contribution < 1.29 is 35.7 Å². The van der Waals surface area contributed by atoms with Gasteiger partial charge in [0.25, 0.3) is 0 Å². The summed E-state index contributed by atoms with van der Waals surface area (Å²) >= 11 is 0. The van der Waals surface area contributed by atoms with E-state index in [4.69, 9.17) is 9.15 Å². The largest absolute Gasteiger partial charge is 1.00 e. The van der Waals surface area contributed by atoms with Gasteiger partial charge in [-0.25, -0.2) is 4.98 Å². The lowest BCUT2D eigenvalue weighted by molar-refractivity contribution is -0.904. The number of oxazole rings is 1. The molecule has 1 unspecified atom stereocenters. The molecule has 6 heteroatoms. The molecule has 0 spiro atoms. The molecule has 0 bridgehead atoms. The van der Waals surface area contributed by atoms with Gasteiger partial charge in [-0.3, -0.25) is 0 Å². The van der Waals surface area contributed by atoms with Gasteiger partial charge in [0.1, 0.15) is 12.3 Å². The number of quaternary nitrogens is 1. The normalized spacial score (nSPS) is 16.3. The average molecular weight is 544 g/mol. The Hall–Kier alpha value is -2.15. The molecule has 1 fully saturated rings. The summed E-state index contributed by atoms with van der Waals surface area (Å²) in [6, 6.07) is 18.1. The molecule has 0 radical (unpaired) electrons. The number of aryl methyl sites for hydroxylation is 1. The molecule has 4 rings (SSSR count). The van der Waals surface area contributed by atoms with Crippen molar-refractivity contribution in [3.63, 3.8) is 0 Å². The molecule has 1 aliphatic carbocycles. The van der Waals surface area contributed by atoms with Crippen molar-refractivity contribution in [2.75, 3.05) is 27.2 Å². The van der Waals surface area contributed by atoms with Crippen LogP contribution in [0.2, 0.25) is 0 Å². The Morgan fingerprint density at radius 2 is 1.71 bits per heavy atom. The Morgan fingerprint density at radius 3 is 2.40 bits per heavy atom. The van der Waals surface area contributed by atoms with Gasteiger partial charge >= 0.3 is 0 Å². The Morgan fingerprint density at radius 1 is 1.03 bits per heavy atom. The van der Waals surface area contributed by atoms with E-state index in [0.29, 0.717) is 19.0 Å². The first kappa shape index (κ1) is 27.4. The quantitative estimate of drug-likeness (QED) is 0.316. The molecular weight excluding hydrogens is 504 g/mol.